The van der Waals surface area contributed by atoms with Gasteiger partial charge in [-0.25, -0.2) is 0 Å². The van der Waals surface area contributed by atoms with Gasteiger partial charge >= 0.3 is 6.36 Å². The molecule has 138 valence electrons. The Hall–Kier alpha value is -2.03. The summed E-state index contributed by atoms with van der Waals surface area (Å²) in [5.41, 5.74) is 0.251. The Balaban J connectivity index is 1.93. The van der Waals surface area contributed by atoms with Gasteiger partial charge in [0.15, 0.2) is 5.11 Å². The minimum Gasteiger partial charge on any atom is -0.406 e. The topological polar surface area (TPSA) is 53.6 Å². The van der Waals surface area contributed by atoms with E-state index in [1.54, 1.807) is 4.90 Å². The number of amides is 1. The summed E-state index contributed by atoms with van der Waals surface area (Å²) in [6, 6.07) is 5.07. The fraction of sp³-hybridized carbons (Fsp3) is 0.500. The van der Waals surface area contributed by atoms with Crippen molar-refractivity contribution in [1.82, 2.24) is 10.2 Å². The van der Waals surface area contributed by atoms with Crippen molar-refractivity contribution in [3.8, 4) is 5.75 Å². The number of ether oxygens (including phenoxy) is 1. The number of thiocarbonyl (C=S) groups is 1. The van der Waals surface area contributed by atoms with Gasteiger partial charge in [0.2, 0.25) is 5.91 Å². The van der Waals surface area contributed by atoms with Gasteiger partial charge < -0.3 is 20.3 Å². The van der Waals surface area contributed by atoms with Gasteiger partial charge in [-0.15, -0.1) is 13.2 Å². The van der Waals surface area contributed by atoms with Gasteiger partial charge in [0.25, 0.3) is 0 Å². The van der Waals surface area contributed by atoms with Crippen LogP contribution in [0.2, 0.25) is 0 Å². The zero-order chi connectivity index (χ0) is 18.8. The smallest absolute Gasteiger partial charge is 0.406 e. The van der Waals surface area contributed by atoms with Crippen LogP contribution < -0.4 is 15.4 Å². The van der Waals surface area contributed by atoms with Crippen molar-refractivity contribution in [3.05, 3.63) is 24.3 Å². The first-order valence-electron chi connectivity index (χ1n) is 7.70. The molecule has 1 aliphatic heterocycles. The number of carbonyl (C=O) groups excluding carboxylic acids is 1. The maximum Gasteiger partial charge on any atom is 0.573 e. The Morgan fingerprint density at radius 3 is 2.52 bits per heavy atom. The minimum absolute atomic E-state index is 0.0594. The fourth-order valence-corrected chi connectivity index (χ4v) is 3.30. The van der Waals surface area contributed by atoms with Gasteiger partial charge in [-0.3, -0.25) is 4.79 Å². The van der Waals surface area contributed by atoms with E-state index in [2.05, 4.69) is 15.4 Å². The van der Waals surface area contributed by atoms with E-state index in [4.69, 9.17) is 12.2 Å². The van der Waals surface area contributed by atoms with Crippen molar-refractivity contribution in [2.24, 2.45) is 0 Å². The van der Waals surface area contributed by atoms with E-state index >= 15 is 0 Å². The summed E-state index contributed by atoms with van der Waals surface area (Å²) in [6.45, 7) is 6.13. The van der Waals surface area contributed by atoms with Gasteiger partial charge in [-0.1, -0.05) is 0 Å². The SMILES string of the molecule is CC1CC(C)(C)NC(=S)N1CC(=O)Nc1ccc(OC(F)(F)F)cc1. The lowest BCUT2D eigenvalue weighted by Crippen LogP contribution is -2.61. The maximum absolute atomic E-state index is 12.2. The Labute approximate surface area is 149 Å². The highest BCUT2D eigenvalue weighted by molar-refractivity contribution is 7.80. The van der Waals surface area contributed by atoms with E-state index in [1.807, 2.05) is 20.8 Å². The minimum atomic E-state index is -4.74. The Bertz CT molecular complexity index is 647. The molecule has 0 aliphatic carbocycles. The standard InChI is InChI=1S/C16H20F3N3O2S/c1-10-8-15(2,3)21-14(25)22(10)9-13(23)20-11-4-6-12(7-5-11)24-16(17,18)19/h4-7,10H,8-9H2,1-3H3,(H,20,23)(H,21,25). The summed E-state index contributed by atoms with van der Waals surface area (Å²) in [6.07, 6.45) is -3.92. The quantitative estimate of drug-likeness (QED) is 0.791. The molecule has 0 bridgehead atoms. The molecular weight excluding hydrogens is 355 g/mol. The van der Waals surface area contributed by atoms with E-state index in [9.17, 15) is 18.0 Å². The summed E-state index contributed by atoms with van der Waals surface area (Å²) in [5, 5.41) is 6.33. The lowest BCUT2D eigenvalue weighted by molar-refractivity contribution is -0.274. The van der Waals surface area contributed by atoms with E-state index in [0.717, 1.165) is 18.6 Å². The molecule has 1 aliphatic rings. The molecule has 0 saturated carbocycles. The zero-order valence-electron chi connectivity index (χ0n) is 14.1. The first-order valence-corrected chi connectivity index (χ1v) is 8.10. The highest BCUT2D eigenvalue weighted by atomic mass is 32.1. The second-order valence-corrected chi connectivity index (χ2v) is 7.00. The number of rotatable bonds is 4. The number of nitrogens with zero attached hydrogens (tertiary/aromatic N) is 1. The maximum atomic E-state index is 12.2. The average Bonchev–Trinajstić information content (AvgIpc) is 2.42. The Morgan fingerprint density at radius 1 is 1.40 bits per heavy atom. The molecule has 0 spiro atoms. The summed E-state index contributed by atoms with van der Waals surface area (Å²) in [5.74, 6) is -0.650. The highest BCUT2D eigenvalue weighted by Crippen LogP contribution is 2.24. The summed E-state index contributed by atoms with van der Waals surface area (Å²) in [4.78, 5) is 14.0. The summed E-state index contributed by atoms with van der Waals surface area (Å²) < 4.78 is 40.2. The first-order chi connectivity index (χ1) is 11.5. The van der Waals surface area contributed by atoms with Crippen molar-refractivity contribution < 1.29 is 22.7 Å². The van der Waals surface area contributed by atoms with Crippen LogP contribution >= 0.6 is 12.2 Å². The van der Waals surface area contributed by atoms with Crippen molar-refractivity contribution in [2.45, 2.75) is 45.1 Å². The molecule has 1 aromatic rings. The third-order valence-corrected chi connectivity index (χ3v) is 4.07. The second kappa shape index (κ2) is 7.07. The van der Waals surface area contributed by atoms with E-state index in [1.165, 1.54) is 12.1 Å². The van der Waals surface area contributed by atoms with Crippen LogP contribution in [0.25, 0.3) is 0 Å². The molecule has 1 unspecified atom stereocenters. The number of nitrogens with one attached hydrogen (secondary N) is 2. The summed E-state index contributed by atoms with van der Waals surface area (Å²) in [7, 11) is 0. The molecule has 9 heteroatoms. The van der Waals surface area contributed by atoms with Crippen LogP contribution in [0.15, 0.2) is 24.3 Å². The van der Waals surface area contributed by atoms with Crippen LogP contribution in [0, 0.1) is 0 Å². The second-order valence-electron chi connectivity index (χ2n) is 6.62. The molecule has 1 aromatic carbocycles. The van der Waals surface area contributed by atoms with Gasteiger partial charge in [0.05, 0.1) is 6.54 Å². The molecule has 0 aromatic heterocycles. The van der Waals surface area contributed by atoms with Gasteiger partial charge in [-0.2, -0.15) is 0 Å². The monoisotopic (exact) mass is 375 g/mol. The molecule has 1 amide bonds. The zero-order valence-corrected chi connectivity index (χ0v) is 14.9. The number of hydrogen-bond acceptors (Lipinski definition) is 3. The third kappa shape index (κ3) is 5.77. The number of halogens is 3. The normalized spacial score (nSPS) is 20.0. The molecule has 1 fully saturated rings. The molecule has 2 rings (SSSR count). The lowest BCUT2D eigenvalue weighted by Gasteiger charge is -2.44. The Morgan fingerprint density at radius 2 is 2.00 bits per heavy atom. The van der Waals surface area contributed by atoms with E-state index < -0.39 is 6.36 Å². The number of anilines is 1. The van der Waals surface area contributed by atoms with Crippen LogP contribution in [0.1, 0.15) is 27.2 Å². The predicted molar refractivity (Wildman–Crippen MR) is 92.4 cm³/mol. The molecule has 5 nitrogen and oxygen atoms in total. The van der Waals surface area contributed by atoms with Gasteiger partial charge in [0, 0.05) is 17.3 Å². The van der Waals surface area contributed by atoms with E-state index in [0.29, 0.717) is 10.8 Å². The van der Waals surface area contributed by atoms with Crippen molar-refractivity contribution in [2.75, 3.05) is 11.9 Å². The predicted octanol–water partition coefficient (Wildman–Crippen LogP) is 3.27. The summed E-state index contributed by atoms with van der Waals surface area (Å²) >= 11 is 5.32. The fourth-order valence-electron chi connectivity index (χ4n) is 2.78. The van der Waals surface area contributed by atoms with Crippen LogP contribution in [0.3, 0.4) is 0 Å². The van der Waals surface area contributed by atoms with Crippen LogP contribution in [-0.4, -0.2) is 40.4 Å². The largest absolute Gasteiger partial charge is 0.573 e. The molecule has 1 heterocycles. The van der Waals surface area contributed by atoms with Crippen LogP contribution in [0.4, 0.5) is 18.9 Å². The third-order valence-electron chi connectivity index (χ3n) is 3.73. The molecule has 1 atom stereocenters. The Kier molecular flexibility index (Phi) is 5.46. The molecule has 25 heavy (non-hydrogen) atoms. The first kappa shape index (κ1) is 19.3. The van der Waals surface area contributed by atoms with Crippen LogP contribution in [-0.2, 0) is 4.79 Å². The molecule has 1 saturated heterocycles. The molecule has 2 N–H and O–H groups in total. The number of carbonyl (C=O) groups is 1. The number of hydrogen-bond donors (Lipinski definition) is 2. The van der Waals surface area contributed by atoms with Gasteiger partial charge in [-0.05, 0) is 63.7 Å². The van der Waals surface area contributed by atoms with Crippen LogP contribution in [0.5, 0.6) is 5.75 Å². The number of alkyl halides is 3. The molecule has 0 radical (unpaired) electrons. The van der Waals surface area contributed by atoms with Crippen molar-refractivity contribution in [3.63, 3.8) is 0 Å². The van der Waals surface area contributed by atoms with Crippen molar-refractivity contribution >= 4 is 28.9 Å². The average molecular weight is 375 g/mol. The highest BCUT2D eigenvalue weighted by Gasteiger charge is 2.34. The van der Waals surface area contributed by atoms with Crippen molar-refractivity contribution in [1.29, 1.82) is 0 Å². The molecular formula is C16H20F3N3O2S. The number of benzene rings is 1. The lowest BCUT2D eigenvalue weighted by atomic mass is 9.93. The van der Waals surface area contributed by atoms with Gasteiger partial charge in [0.1, 0.15) is 5.75 Å². The van der Waals surface area contributed by atoms with E-state index in [-0.39, 0.29) is 29.8 Å².